The van der Waals surface area contributed by atoms with E-state index >= 15 is 0 Å². The van der Waals surface area contributed by atoms with Crippen molar-refractivity contribution in [2.24, 2.45) is 0 Å². The topological polar surface area (TPSA) is 63.2 Å². The molecule has 0 amide bonds. The summed E-state index contributed by atoms with van der Waals surface area (Å²) < 4.78 is 31.5. The third-order valence-corrected chi connectivity index (χ3v) is 6.50. The van der Waals surface area contributed by atoms with Crippen molar-refractivity contribution in [3.05, 3.63) is 120 Å². The van der Waals surface area contributed by atoms with Crippen molar-refractivity contribution in [3.8, 4) is 0 Å². The Kier molecular flexibility index (Phi) is 9.77. The van der Waals surface area contributed by atoms with Crippen LogP contribution in [-0.4, -0.2) is 43.6 Å². The van der Waals surface area contributed by atoms with Crippen molar-refractivity contribution in [2.45, 2.75) is 56.4 Å². The smallest absolute Gasteiger partial charge is 0.190 e. The number of carbonyl (C=O) groups is 1. The van der Waals surface area contributed by atoms with Gasteiger partial charge >= 0.3 is 0 Å². The van der Waals surface area contributed by atoms with Crippen LogP contribution in [0.15, 0.2) is 104 Å². The Bertz CT molecular complexity index is 1090. The molecule has 194 valence electrons. The van der Waals surface area contributed by atoms with Crippen LogP contribution in [0, 0.1) is 0 Å². The fourth-order valence-electron chi connectivity index (χ4n) is 4.67. The van der Waals surface area contributed by atoms with Crippen LogP contribution >= 0.6 is 0 Å². The summed E-state index contributed by atoms with van der Waals surface area (Å²) in [5, 5.41) is 0. The zero-order chi connectivity index (χ0) is 25.9. The normalized spacial score (nSPS) is 25.4. The lowest BCUT2D eigenvalue weighted by molar-refractivity contribution is -0.351. The molecule has 37 heavy (non-hydrogen) atoms. The number of ether oxygens (including phenoxy) is 5. The highest BCUT2D eigenvalue weighted by Crippen LogP contribution is 2.41. The van der Waals surface area contributed by atoms with Gasteiger partial charge < -0.3 is 28.5 Å². The number of methoxy groups -OCH3 is 1. The molecule has 6 heteroatoms. The summed E-state index contributed by atoms with van der Waals surface area (Å²) in [5.74, 6) is 0. The lowest BCUT2D eigenvalue weighted by Gasteiger charge is -2.51. The summed E-state index contributed by atoms with van der Waals surface area (Å²) in [6.45, 7) is 4.85. The molecule has 0 aliphatic carbocycles. The van der Waals surface area contributed by atoms with E-state index in [2.05, 4.69) is 6.58 Å². The lowest BCUT2D eigenvalue weighted by Crippen LogP contribution is -2.68. The summed E-state index contributed by atoms with van der Waals surface area (Å²) in [4.78, 5) is 12.2. The maximum Gasteiger partial charge on any atom is 0.190 e. The molecule has 0 aromatic heterocycles. The van der Waals surface area contributed by atoms with Crippen LogP contribution in [0.3, 0.4) is 0 Å². The highest BCUT2D eigenvalue weighted by atomic mass is 16.7. The lowest BCUT2D eigenvalue weighted by atomic mass is 9.83. The molecule has 0 saturated carbocycles. The van der Waals surface area contributed by atoms with Crippen LogP contribution in [-0.2, 0) is 48.3 Å². The van der Waals surface area contributed by atoms with E-state index in [0.717, 1.165) is 23.0 Å². The Morgan fingerprint density at radius 1 is 0.811 bits per heavy atom. The molecule has 1 heterocycles. The second-order valence-corrected chi connectivity index (χ2v) is 9.00. The zero-order valence-electron chi connectivity index (χ0n) is 21.1. The molecule has 4 rings (SSSR count). The Morgan fingerprint density at radius 2 is 1.32 bits per heavy atom. The van der Waals surface area contributed by atoms with E-state index < -0.39 is 30.2 Å². The van der Waals surface area contributed by atoms with Gasteiger partial charge in [0.05, 0.1) is 19.8 Å². The molecule has 0 unspecified atom stereocenters. The highest BCUT2D eigenvalue weighted by molar-refractivity contribution is 5.58. The molecule has 1 saturated heterocycles. The summed E-state index contributed by atoms with van der Waals surface area (Å²) in [5.41, 5.74) is 1.83. The molecule has 1 fully saturated rings. The molecule has 5 atom stereocenters. The predicted octanol–water partition coefficient (Wildman–Crippen LogP) is 5.26. The van der Waals surface area contributed by atoms with Crippen LogP contribution in [0.2, 0.25) is 0 Å². The van der Waals surface area contributed by atoms with Crippen molar-refractivity contribution in [3.63, 3.8) is 0 Å². The quantitative estimate of drug-likeness (QED) is 0.235. The first kappa shape index (κ1) is 26.9. The summed E-state index contributed by atoms with van der Waals surface area (Å²) in [6.07, 6.45) is -0.385. The highest BCUT2D eigenvalue weighted by Gasteiger charge is 2.58. The minimum Gasteiger partial charge on any atom is -0.368 e. The minimum absolute atomic E-state index is 0.283. The molecule has 3 aromatic carbocycles. The van der Waals surface area contributed by atoms with Crippen LogP contribution in [0.1, 0.15) is 23.1 Å². The SMILES string of the molecule is C=CC[C@]1(OCc2ccccc2)[C@@H](OC)O[C@H](C=O)[C@@H](OCc2ccccc2)[C@@H]1OCc1ccccc1. The number of benzene rings is 3. The average Bonchev–Trinajstić information content (AvgIpc) is 2.96. The van der Waals surface area contributed by atoms with Gasteiger partial charge in [0.25, 0.3) is 0 Å². The molecule has 0 radical (unpaired) electrons. The van der Waals surface area contributed by atoms with Gasteiger partial charge in [-0.15, -0.1) is 6.58 Å². The first-order valence-electron chi connectivity index (χ1n) is 12.4. The van der Waals surface area contributed by atoms with Gasteiger partial charge in [-0.1, -0.05) is 97.1 Å². The predicted molar refractivity (Wildman–Crippen MR) is 141 cm³/mol. The first-order chi connectivity index (χ1) is 18.2. The third kappa shape index (κ3) is 6.60. The van der Waals surface area contributed by atoms with Gasteiger partial charge in [0.2, 0.25) is 0 Å². The van der Waals surface area contributed by atoms with Crippen LogP contribution in [0.5, 0.6) is 0 Å². The number of rotatable bonds is 13. The molecule has 1 aliphatic heterocycles. The Labute approximate surface area is 218 Å². The van der Waals surface area contributed by atoms with Crippen molar-refractivity contribution in [1.82, 2.24) is 0 Å². The third-order valence-electron chi connectivity index (χ3n) is 6.50. The number of hydrogen-bond acceptors (Lipinski definition) is 6. The molecular formula is C31H34O6. The van der Waals surface area contributed by atoms with E-state index in [0.29, 0.717) is 19.6 Å². The van der Waals surface area contributed by atoms with E-state index in [1.165, 1.54) is 7.11 Å². The van der Waals surface area contributed by atoms with Crippen molar-refractivity contribution in [2.75, 3.05) is 7.11 Å². The van der Waals surface area contributed by atoms with Gasteiger partial charge in [-0.2, -0.15) is 0 Å². The Balaban J connectivity index is 1.70. The minimum atomic E-state index is -1.12. The zero-order valence-corrected chi connectivity index (χ0v) is 21.1. The number of aldehydes is 1. The van der Waals surface area contributed by atoms with Gasteiger partial charge in [0, 0.05) is 13.5 Å². The van der Waals surface area contributed by atoms with Crippen molar-refractivity contribution in [1.29, 1.82) is 0 Å². The second-order valence-electron chi connectivity index (χ2n) is 9.00. The van der Waals surface area contributed by atoms with Gasteiger partial charge in [-0.3, -0.25) is 0 Å². The number of carbonyl (C=O) groups excluding carboxylic acids is 1. The van der Waals surface area contributed by atoms with Gasteiger partial charge in [-0.05, 0) is 16.7 Å². The van der Waals surface area contributed by atoms with Crippen LogP contribution in [0.4, 0.5) is 0 Å². The number of hydrogen-bond donors (Lipinski definition) is 0. The van der Waals surface area contributed by atoms with Gasteiger partial charge in [0.15, 0.2) is 18.2 Å². The molecule has 0 spiro atoms. The fourth-order valence-corrected chi connectivity index (χ4v) is 4.67. The molecular weight excluding hydrogens is 468 g/mol. The average molecular weight is 503 g/mol. The van der Waals surface area contributed by atoms with Crippen LogP contribution in [0.25, 0.3) is 0 Å². The summed E-state index contributed by atoms with van der Waals surface area (Å²) in [6, 6.07) is 29.5. The van der Waals surface area contributed by atoms with Gasteiger partial charge in [-0.25, -0.2) is 0 Å². The van der Waals surface area contributed by atoms with Crippen molar-refractivity contribution >= 4 is 6.29 Å². The molecule has 1 aliphatic rings. The Morgan fingerprint density at radius 3 is 1.81 bits per heavy atom. The fraction of sp³-hybridized carbons (Fsp3) is 0.323. The maximum absolute atomic E-state index is 12.2. The van der Waals surface area contributed by atoms with Gasteiger partial charge in [0.1, 0.15) is 18.3 Å². The standard InChI is InChI=1S/C31H34O6/c1-3-19-31(36-23-26-17-11-6-12-18-26)29(35-22-25-15-9-5-10-16-25)28(27(20-32)37-30(31)33-2)34-21-24-13-7-4-8-14-24/h3-18,20,27-30H,1,19,21-23H2,2H3/t27-,28-,29+,30+,31-/m1/s1. The van der Waals surface area contributed by atoms with E-state index in [-0.39, 0.29) is 6.61 Å². The van der Waals surface area contributed by atoms with E-state index in [9.17, 15) is 4.79 Å². The van der Waals surface area contributed by atoms with E-state index in [1.807, 2.05) is 91.0 Å². The first-order valence-corrected chi connectivity index (χ1v) is 12.4. The van der Waals surface area contributed by atoms with Crippen molar-refractivity contribution < 1.29 is 28.5 Å². The summed E-state index contributed by atoms with van der Waals surface area (Å²) in [7, 11) is 1.54. The molecule has 3 aromatic rings. The molecule has 6 nitrogen and oxygen atoms in total. The monoisotopic (exact) mass is 502 g/mol. The second kappa shape index (κ2) is 13.4. The largest absolute Gasteiger partial charge is 0.368 e. The Hall–Kier alpha value is -3.13. The van der Waals surface area contributed by atoms with E-state index in [1.54, 1.807) is 6.08 Å². The summed E-state index contributed by atoms with van der Waals surface area (Å²) >= 11 is 0. The van der Waals surface area contributed by atoms with Crippen LogP contribution < -0.4 is 0 Å². The molecule has 0 bridgehead atoms. The molecule has 0 N–H and O–H groups in total. The maximum atomic E-state index is 12.2. The van der Waals surface area contributed by atoms with E-state index in [4.69, 9.17) is 23.7 Å².